The second-order valence-corrected chi connectivity index (χ2v) is 9.24. The van der Waals surface area contributed by atoms with Crippen LogP contribution in [0.3, 0.4) is 0 Å². The molecule has 1 N–H and O–H groups in total. The van der Waals surface area contributed by atoms with Crippen molar-refractivity contribution in [2.45, 2.75) is 57.8 Å². The first-order chi connectivity index (χ1) is 15.0. The molecule has 1 aromatic heterocycles. The van der Waals surface area contributed by atoms with E-state index in [1.165, 1.54) is 32.1 Å². The first-order valence-corrected chi connectivity index (χ1v) is 11.7. The zero-order chi connectivity index (χ0) is 21.8. The topological polar surface area (TPSA) is 85.4 Å². The van der Waals surface area contributed by atoms with E-state index in [1.54, 1.807) is 6.07 Å². The number of carboxylic acid groups (broad SMARTS) is 1. The fourth-order valence-electron chi connectivity index (χ4n) is 4.83. The van der Waals surface area contributed by atoms with Crippen LogP contribution >= 0.6 is 11.6 Å². The van der Waals surface area contributed by atoms with Crippen molar-refractivity contribution in [3.05, 3.63) is 29.3 Å². The number of aliphatic carboxylic acids is 1. The number of amides is 1. The molecule has 8 heteroatoms. The monoisotopic (exact) mass is 481 g/mol. The average molecular weight is 482 g/mol. The van der Waals surface area contributed by atoms with Gasteiger partial charge in [0.25, 0.3) is 0 Å². The Hall–Kier alpha value is -0.704. The number of piperidine rings is 1. The van der Waals surface area contributed by atoms with Crippen molar-refractivity contribution in [1.82, 2.24) is 4.98 Å². The Kier molecular flexibility index (Phi) is 9.82. The summed E-state index contributed by atoms with van der Waals surface area (Å²) in [4.78, 5) is 30.5. The summed E-state index contributed by atoms with van der Waals surface area (Å²) in [5, 5.41) is 15.4. The van der Waals surface area contributed by atoms with Crippen molar-refractivity contribution in [3.8, 4) is 0 Å². The van der Waals surface area contributed by atoms with Gasteiger partial charge in [-0.2, -0.15) is 0 Å². The molecule has 2 fully saturated rings. The molecule has 2 heterocycles. The van der Waals surface area contributed by atoms with E-state index in [9.17, 15) is 14.7 Å². The van der Waals surface area contributed by atoms with E-state index in [1.807, 2.05) is 18.2 Å². The summed E-state index contributed by atoms with van der Waals surface area (Å²) in [7, 11) is 0. The molecule has 0 unspecified atom stereocenters. The normalized spacial score (nSPS) is 17.7. The summed E-state index contributed by atoms with van der Waals surface area (Å²) in [6.45, 7) is 1.27. The summed E-state index contributed by atoms with van der Waals surface area (Å²) < 4.78 is 0. The van der Waals surface area contributed by atoms with Gasteiger partial charge in [-0.15, -0.1) is 0 Å². The molecule has 1 saturated carbocycles. The summed E-state index contributed by atoms with van der Waals surface area (Å²) in [5.74, 6) is 0.109. The van der Waals surface area contributed by atoms with Gasteiger partial charge in [-0.3, -0.25) is 4.79 Å². The predicted molar refractivity (Wildman–Crippen MR) is 121 cm³/mol. The second-order valence-electron chi connectivity index (χ2n) is 8.83. The number of carboxylic acids is 1. The third-order valence-corrected chi connectivity index (χ3v) is 7.04. The van der Waals surface area contributed by atoms with Crippen LogP contribution in [0.5, 0.6) is 0 Å². The van der Waals surface area contributed by atoms with Crippen LogP contribution in [0.2, 0.25) is 5.02 Å². The number of rotatable bonds is 6. The average Bonchev–Trinajstić information content (AvgIpc) is 2.80. The Bertz CT molecular complexity index is 957. The number of halogens is 1. The van der Waals surface area contributed by atoms with E-state index in [4.69, 9.17) is 16.6 Å². The number of benzene rings is 1. The maximum Gasteiger partial charge on any atom is 1.00 e. The van der Waals surface area contributed by atoms with Gasteiger partial charge in [-0.05, 0) is 49.4 Å². The molecule has 1 amide bonds. The fourth-order valence-corrected chi connectivity index (χ4v) is 5.04. The predicted octanol–water partition coefficient (Wildman–Crippen LogP) is 1.16. The molecular formula is C24H29ClKN3O3. The van der Waals surface area contributed by atoms with Gasteiger partial charge >= 0.3 is 51.4 Å². The molecule has 0 spiro atoms. The van der Waals surface area contributed by atoms with Gasteiger partial charge in [0.15, 0.2) is 0 Å². The van der Waals surface area contributed by atoms with Crippen molar-refractivity contribution in [1.29, 1.82) is 0 Å². The van der Waals surface area contributed by atoms with Crippen molar-refractivity contribution in [2.24, 2.45) is 11.8 Å². The Morgan fingerprint density at radius 1 is 1.06 bits per heavy atom. The van der Waals surface area contributed by atoms with E-state index >= 15 is 0 Å². The summed E-state index contributed by atoms with van der Waals surface area (Å²) in [6.07, 6.45) is 8.90. The molecule has 4 rings (SSSR count). The number of aromatic nitrogens is 1. The standard InChI is InChI=1S/C24H30ClN3O3.K/c25-19-8-9-20-18(23(19)27-22(29)11-6-16-4-2-1-3-5-16)7-10-21(26-20)28-14-12-17(13-15-28)24(30)31;/h7-10,16-17H,1-6,11-15H2,(H,27,29)(H,30,31);/q;+1/p-1. The number of hydrogen-bond acceptors (Lipinski definition) is 5. The van der Waals surface area contributed by atoms with Gasteiger partial charge in [0.2, 0.25) is 5.91 Å². The Morgan fingerprint density at radius 2 is 1.78 bits per heavy atom. The minimum Gasteiger partial charge on any atom is -0.550 e. The molecule has 32 heavy (non-hydrogen) atoms. The number of nitrogens with zero attached hydrogens (tertiary/aromatic N) is 2. The van der Waals surface area contributed by atoms with Crippen molar-refractivity contribution in [2.75, 3.05) is 23.3 Å². The Labute approximate surface area is 236 Å². The van der Waals surface area contributed by atoms with Gasteiger partial charge in [0.05, 0.1) is 16.2 Å². The van der Waals surface area contributed by atoms with Gasteiger partial charge in [-0.1, -0.05) is 43.7 Å². The van der Waals surface area contributed by atoms with E-state index in [-0.39, 0.29) is 63.2 Å². The first-order valence-electron chi connectivity index (χ1n) is 11.4. The molecule has 0 radical (unpaired) electrons. The largest absolute Gasteiger partial charge is 1.00 e. The van der Waals surface area contributed by atoms with Crippen LogP contribution in [-0.2, 0) is 9.59 Å². The number of anilines is 2. The summed E-state index contributed by atoms with van der Waals surface area (Å²) in [6, 6.07) is 7.47. The number of carbonyl (C=O) groups excluding carboxylic acids is 2. The number of nitrogens with one attached hydrogen (secondary N) is 1. The first kappa shape index (κ1) is 25.9. The third-order valence-electron chi connectivity index (χ3n) is 6.73. The molecule has 0 bridgehead atoms. The zero-order valence-electron chi connectivity index (χ0n) is 18.7. The van der Waals surface area contributed by atoms with Gasteiger partial charge in [0.1, 0.15) is 5.82 Å². The van der Waals surface area contributed by atoms with Crippen LogP contribution in [-0.4, -0.2) is 29.9 Å². The number of hydrogen-bond donors (Lipinski definition) is 1. The maximum atomic E-state index is 12.6. The van der Waals surface area contributed by atoms with Crippen LogP contribution in [0.15, 0.2) is 24.3 Å². The zero-order valence-corrected chi connectivity index (χ0v) is 22.6. The smallest absolute Gasteiger partial charge is 0.550 e. The van der Waals surface area contributed by atoms with Gasteiger partial charge in [0, 0.05) is 36.8 Å². The van der Waals surface area contributed by atoms with Crippen LogP contribution in [0.25, 0.3) is 10.9 Å². The number of carbonyl (C=O) groups is 2. The van der Waals surface area contributed by atoms with Crippen LogP contribution < -0.4 is 66.7 Å². The molecule has 1 aliphatic carbocycles. The van der Waals surface area contributed by atoms with E-state index in [0.29, 0.717) is 49.0 Å². The molecule has 2 aliphatic rings. The maximum absolute atomic E-state index is 12.6. The van der Waals surface area contributed by atoms with Crippen molar-refractivity contribution in [3.63, 3.8) is 0 Å². The van der Waals surface area contributed by atoms with Crippen LogP contribution in [0.1, 0.15) is 57.8 Å². The minimum absolute atomic E-state index is 0. The summed E-state index contributed by atoms with van der Waals surface area (Å²) in [5.41, 5.74) is 1.37. The molecule has 1 aliphatic heterocycles. The van der Waals surface area contributed by atoms with Gasteiger partial charge in [-0.25, -0.2) is 4.98 Å². The molecule has 1 aromatic carbocycles. The summed E-state index contributed by atoms with van der Waals surface area (Å²) >= 11 is 6.42. The molecular weight excluding hydrogens is 453 g/mol. The number of fused-ring (bicyclic) bond motifs is 1. The van der Waals surface area contributed by atoms with Crippen LogP contribution in [0, 0.1) is 11.8 Å². The molecule has 1 saturated heterocycles. The molecule has 0 atom stereocenters. The molecule has 6 nitrogen and oxygen atoms in total. The minimum atomic E-state index is -0.968. The third kappa shape index (κ3) is 6.45. The number of pyridine rings is 1. The van der Waals surface area contributed by atoms with Gasteiger partial charge < -0.3 is 20.1 Å². The SMILES string of the molecule is O=C(CCC1CCCCC1)Nc1c(Cl)ccc2nc(N3CCC(C(=O)[O-])CC3)ccc12.[K+]. The van der Waals surface area contributed by atoms with Crippen molar-refractivity contribution >= 4 is 45.9 Å². The fraction of sp³-hybridized carbons (Fsp3) is 0.542. The quantitative estimate of drug-likeness (QED) is 0.626. The van der Waals surface area contributed by atoms with E-state index in [2.05, 4.69) is 10.2 Å². The van der Waals surface area contributed by atoms with Crippen molar-refractivity contribution < 1.29 is 66.1 Å². The molecule has 166 valence electrons. The Morgan fingerprint density at radius 3 is 2.47 bits per heavy atom. The Balaban J connectivity index is 0.00000289. The van der Waals surface area contributed by atoms with E-state index < -0.39 is 5.97 Å². The van der Waals surface area contributed by atoms with Crippen LogP contribution in [0.4, 0.5) is 11.5 Å². The second kappa shape index (κ2) is 12.1. The van der Waals surface area contributed by atoms with E-state index in [0.717, 1.165) is 23.1 Å². The molecule has 2 aromatic rings.